The summed E-state index contributed by atoms with van der Waals surface area (Å²) in [4.78, 5) is 26.0. The quantitative estimate of drug-likeness (QED) is 0.680. The number of likely N-dealkylation sites (tertiary alicyclic amines) is 1. The minimum atomic E-state index is -3.75. The van der Waals surface area contributed by atoms with Crippen molar-refractivity contribution in [3.05, 3.63) is 11.5 Å². The number of nitrogens with zero attached hydrogens (tertiary/aromatic N) is 2. The van der Waals surface area contributed by atoms with Gasteiger partial charge in [0.1, 0.15) is 10.6 Å². The first-order chi connectivity index (χ1) is 11.9. The summed E-state index contributed by atoms with van der Waals surface area (Å²) in [6, 6.07) is 0. The van der Waals surface area contributed by atoms with Crippen molar-refractivity contribution in [1.29, 1.82) is 0 Å². The van der Waals surface area contributed by atoms with E-state index >= 15 is 0 Å². The average Bonchev–Trinajstić information content (AvgIpc) is 3.06. The predicted molar refractivity (Wildman–Crippen MR) is 93.7 cm³/mol. The molecule has 0 spiro atoms. The molecule has 1 aliphatic heterocycles. The van der Waals surface area contributed by atoms with Gasteiger partial charge in [-0.05, 0) is 34.6 Å². The number of carbonyl (C=O) groups is 2. The molecule has 2 amide bonds. The molecule has 10 heteroatoms. The summed E-state index contributed by atoms with van der Waals surface area (Å²) in [7, 11) is -3.75. The lowest BCUT2D eigenvalue weighted by atomic mass is 10.1. The van der Waals surface area contributed by atoms with Gasteiger partial charge in [0.2, 0.25) is 21.8 Å². The summed E-state index contributed by atoms with van der Waals surface area (Å²) >= 11 is 0. The molecule has 0 saturated carbocycles. The highest BCUT2D eigenvalue weighted by Crippen LogP contribution is 2.25. The topological polar surface area (TPSA) is 122 Å². The summed E-state index contributed by atoms with van der Waals surface area (Å²) in [6.45, 7) is 9.37. The van der Waals surface area contributed by atoms with E-state index in [1.807, 2.05) is 20.8 Å². The van der Waals surface area contributed by atoms with Crippen molar-refractivity contribution in [1.82, 2.24) is 20.1 Å². The molecular weight excluding hydrogens is 360 g/mol. The standard InChI is InChI=1S/C16H26N4O5S/c1-10-14(11(2)25-19-10)26(23,24)18-7-6-17-15(22)12-8-13(21)20(9-12)16(3,4)5/h12,18H,6-9H2,1-5H3,(H,17,22). The Balaban J connectivity index is 1.83. The summed E-state index contributed by atoms with van der Waals surface area (Å²) < 4.78 is 31.8. The van der Waals surface area contributed by atoms with Gasteiger partial charge < -0.3 is 14.7 Å². The molecule has 1 aromatic heterocycles. The Labute approximate surface area is 153 Å². The zero-order valence-electron chi connectivity index (χ0n) is 15.7. The van der Waals surface area contributed by atoms with E-state index in [1.54, 1.807) is 11.8 Å². The molecule has 1 aromatic rings. The zero-order valence-corrected chi connectivity index (χ0v) is 16.6. The van der Waals surface area contributed by atoms with Gasteiger partial charge in [0.05, 0.1) is 5.92 Å². The fourth-order valence-electron chi connectivity index (χ4n) is 2.98. The molecule has 0 aliphatic carbocycles. The molecule has 2 rings (SSSR count). The molecule has 2 heterocycles. The first kappa shape index (κ1) is 20.4. The second-order valence-corrected chi connectivity index (χ2v) is 9.12. The van der Waals surface area contributed by atoms with Gasteiger partial charge in [0.15, 0.2) is 5.76 Å². The van der Waals surface area contributed by atoms with Crippen molar-refractivity contribution in [3.63, 3.8) is 0 Å². The molecular formula is C16H26N4O5S. The Hall–Kier alpha value is -1.94. The van der Waals surface area contributed by atoms with E-state index in [-0.39, 0.29) is 53.2 Å². The van der Waals surface area contributed by atoms with Crippen LogP contribution >= 0.6 is 0 Å². The van der Waals surface area contributed by atoms with E-state index in [1.165, 1.54) is 6.92 Å². The first-order valence-corrected chi connectivity index (χ1v) is 9.92. The van der Waals surface area contributed by atoms with Crippen molar-refractivity contribution in [2.75, 3.05) is 19.6 Å². The van der Waals surface area contributed by atoms with Gasteiger partial charge in [0, 0.05) is 31.6 Å². The van der Waals surface area contributed by atoms with Crippen LogP contribution < -0.4 is 10.0 Å². The van der Waals surface area contributed by atoms with Gasteiger partial charge in [0.25, 0.3) is 0 Å². The number of hydrogen-bond acceptors (Lipinski definition) is 6. The highest BCUT2D eigenvalue weighted by atomic mass is 32.2. The van der Waals surface area contributed by atoms with Crippen molar-refractivity contribution >= 4 is 21.8 Å². The minimum absolute atomic E-state index is 0.0195. The Kier molecular flexibility index (Phi) is 5.76. The van der Waals surface area contributed by atoms with Crippen LogP contribution in [0.25, 0.3) is 0 Å². The van der Waals surface area contributed by atoms with E-state index in [2.05, 4.69) is 15.2 Å². The molecule has 1 unspecified atom stereocenters. The van der Waals surface area contributed by atoms with Crippen molar-refractivity contribution in [3.8, 4) is 0 Å². The number of amides is 2. The van der Waals surface area contributed by atoms with Gasteiger partial charge in [-0.2, -0.15) is 0 Å². The van der Waals surface area contributed by atoms with E-state index < -0.39 is 15.9 Å². The van der Waals surface area contributed by atoms with Gasteiger partial charge in [-0.15, -0.1) is 0 Å². The van der Waals surface area contributed by atoms with Crippen LogP contribution in [0.5, 0.6) is 0 Å². The molecule has 1 saturated heterocycles. The Morgan fingerprint density at radius 1 is 1.31 bits per heavy atom. The second kappa shape index (κ2) is 7.36. The fourth-order valence-corrected chi connectivity index (χ4v) is 4.33. The van der Waals surface area contributed by atoms with Gasteiger partial charge in [-0.3, -0.25) is 9.59 Å². The normalized spacial score (nSPS) is 18.4. The van der Waals surface area contributed by atoms with Gasteiger partial charge >= 0.3 is 0 Å². The third kappa shape index (κ3) is 4.42. The molecule has 1 aliphatic rings. The lowest BCUT2D eigenvalue weighted by Gasteiger charge is -2.31. The molecule has 1 fully saturated rings. The van der Waals surface area contributed by atoms with Crippen LogP contribution in [0.4, 0.5) is 0 Å². The number of aryl methyl sites for hydroxylation is 2. The number of carbonyl (C=O) groups excluding carboxylic acids is 2. The van der Waals surface area contributed by atoms with Gasteiger partial charge in [-0.1, -0.05) is 5.16 Å². The van der Waals surface area contributed by atoms with Crippen LogP contribution in [0.2, 0.25) is 0 Å². The third-order valence-corrected chi connectivity index (χ3v) is 5.96. The highest BCUT2D eigenvalue weighted by Gasteiger charge is 2.39. The third-order valence-electron chi connectivity index (χ3n) is 4.26. The van der Waals surface area contributed by atoms with Crippen LogP contribution in [0.1, 0.15) is 38.6 Å². The molecule has 0 aromatic carbocycles. The molecule has 1 atom stereocenters. The molecule has 0 radical (unpaired) electrons. The molecule has 2 N–H and O–H groups in total. The maximum atomic E-state index is 12.3. The number of sulfonamides is 1. The van der Waals surface area contributed by atoms with E-state index in [0.29, 0.717) is 6.54 Å². The fraction of sp³-hybridized carbons (Fsp3) is 0.688. The molecule has 0 bridgehead atoms. The second-order valence-electron chi connectivity index (χ2n) is 7.42. The van der Waals surface area contributed by atoms with Crippen LogP contribution in [-0.2, 0) is 19.6 Å². The van der Waals surface area contributed by atoms with Crippen LogP contribution in [0, 0.1) is 19.8 Å². The monoisotopic (exact) mass is 386 g/mol. The first-order valence-electron chi connectivity index (χ1n) is 8.44. The summed E-state index contributed by atoms with van der Waals surface area (Å²) in [5, 5.41) is 6.31. The molecule has 146 valence electrons. The van der Waals surface area contributed by atoms with Crippen molar-refractivity contribution in [2.45, 2.75) is 51.5 Å². The lowest BCUT2D eigenvalue weighted by molar-refractivity contribution is -0.132. The largest absolute Gasteiger partial charge is 0.360 e. The van der Waals surface area contributed by atoms with Gasteiger partial charge in [-0.25, -0.2) is 13.1 Å². The Morgan fingerprint density at radius 3 is 2.46 bits per heavy atom. The number of rotatable bonds is 6. The van der Waals surface area contributed by atoms with Crippen LogP contribution in [0.15, 0.2) is 9.42 Å². The maximum absolute atomic E-state index is 12.3. The molecule has 9 nitrogen and oxygen atoms in total. The predicted octanol–water partition coefficient (Wildman–Crippen LogP) is 0.333. The van der Waals surface area contributed by atoms with Crippen molar-refractivity contribution < 1.29 is 22.5 Å². The summed E-state index contributed by atoms with van der Waals surface area (Å²) in [5.41, 5.74) is -0.0402. The SMILES string of the molecule is Cc1noc(C)c1S(=O)(=O)NCCNC(=O)C1CC(=O)N(C(C)(C)C)C1. The van der Waals surface area contributed by atoms with Crippen molar-refractivity contribution in [2.24, 2.45) is 5.92 Å². The van der Waals surface area contributed by atoms with E-state index in [9.17, 15) is 18.0 Å². The van der Waals surface area contributed by atoms with Crippen LogP contribution in [0.3, 0.4) is 0 Å². The number of hydrogen-bond donors (Lipinski definition) is 2. The molecule has 26 heavy (non-hydrogen) atoms. The Bertz CT molecular complexity index is 775. The smallest absolute Gasteiger partial charge is 0.246 e. The van der Waals surface area contributed by atoms with E-state index in [0.717, 1.165) is 0 Å². The zero-order chi connectivity index (χ0) is 19.7. The Morgan fingerprint density at radius 2 is 1.96 bits per heavy atom. The lowest BCUT2D eigenvalue weighted by Crippen LogP contribution is -2.43. The summed E-state index contributed by atoms with van der Waals surface area (Å²) in [6.07, 6.45) is 0.175. The van der Waals surface area contributed by atoms with Crippen LogP contribution in [-0.4, -0.2) is 55.5 Å². The maximum Gasteiger partial charge on any atom is 0.246 e. The number of aromatic nitrogens is 1. The van der Waals surface area contributed by atoms with E-state index in [4.69, 9.17) is 4.52 Å². The number of nitrogens with one attached hydrogen (secondary N) is 2. The summed E-state index contributed by atoms with van der Waals surface area (Å²) in [5.74, 6) is -0.495. The minimum Gasteiger partial charge on any atom is -0.360 e. The highest BCUT2D eigenvalue weighted by molar-refractivity contribution is 7.89. The average molecular weight is 386 g/mol.